The highest BCUT2D eigenvalue weighted by molar-refractivity contribution is 5.85. The number of aromatic nitrogens is 1. The maximum atomic E-state index is 12.0. The van der Waals surface area contributed by atoms with Crippen LogP contribution in [0.15, 0.2) is 24.5 Å². The van der Waals surface area contributed by atoms with E-state index >= 15 is 0 Å². The van der Waals surface area contributed by atoms with Crippen molar-refractivity contribution >= 4 is 5.78 Å². The number of Topliss-reactive ketones (excluding diaryl/α,β-unsaturated/α-hetero) is 1. The van der Waals surface area contributed by atoms with Crippen LogP contribution in [0.1, 0.15) is 37.7 Å². The number of hydrogen-bond donors (Lipinski definition) is 1. The maximum absolute atomic E-state index is 12.0. The van der Waals surface area contributed by atoms with Gasteiger partial charge in [-0.05, 0) is 30.0 Å². The van der Waals surface area contributed by atoms with Crippen LogP contribution in [0.25, 0.3) is 0 Å². The Balaban J connectivity index is 1.82. The Hall–Kier alpha value is -1.22. The van der Waals surface area contributed by atoms with Gasteiger partial charge in [0.25, 0.3) is 0 Å². The summed E-state index contributed by atoms with van der Waals surface area (Å²) in [4.78, 5) is 15.9. The predicted octanol–water partition coefficient (Wildman–Crippen LogP) is 2.10. The number of ketones is 1. The number of pyridine rings is 1. The summed E-state index contributed by atoms with van der Waals surface area (Å²) in [6, 6.07) is 3.46. The third kappa shape index (κ3) is 3.63. The Morgan fingerprint density at radius 2 is 2.00 bits per heavy atom. The minimum atomic E-state index is -0.286. The van der Waals surface area contributed by atoms with Crippen LogP contribution in [0, 0.1) is 5.92 Å². The molecule has 1 aromatic rings. The minimum Gasteiger partial charge on any atom is -0.321 e. The first kappa shape index (κ1) is 12.2. The van der Waals surface area contributed by atoms with Crippen molar-refractivity contribution in [2.45, 2.75) is 44.6 Å². The molecule has 0 radical (unpaired) electrons. The summed E-state index contributed by atoms with van der Waals surface area (Å²) in [5, 5.41) is 0. The summed E-state index contributed by atoms with van der Waals surface area (Å²) in [5.74, 6) is 0.828. The molecular weight excluding hydrogens is 212 g/mol. The van der Waals surface area contributed by atoms with Gasteiger partial charge in [0, 0.05) is 18.8 Å². The number of carbonyl (C=O) groups excluding carboxylic acids is 1. The molecule has 1 fully saturated rings. The molecule has 17 heavy (non-hydrogen) atoms. The van der Waals surface area contributed by atoms with E-state index in [2.05, 4.69) is 4.98 Å². The minimum absolute atomic E-state index is 0.156. The first-order valence-corrected chi connectivity index (χ1v) is 6.43. The van der Waals surface area contributed by atoms with E-state index in [0.29, 0.717) is 12.3 Å². The second-order valence-electron chi connectivity index (χ2n) is 4.99. The van der Waals surface area contributed by atoms with Crippen molar-refractivity contribution in [3.05, 3.63) is 30.1 Å². The summed E-state index contributed by atoms with van der Waals surface area (Å²) in [5.41, 5.74) is 6.99. The second-order valence-corrected chi connectivity index (χ2v) is 4.99. The third-order valence-electron chi connectivity index (χ3n) is 3.60. The molecule has 2 rings (SSSR count). The first-order chi connectivity index (χ1) is 8.25. The van der Waals surface area contributed by atoms with E-state index in [9.17, 15) is 4.79 Å². The van der Waals surface area contributed by atoms with Gasteiger partial charge in [0.15, 0.2) is 5.78 Å². The SMILES string of the molecule is NC(CC1CCCC1)C(=O)Cc1ccncc1. The molecule has 92 valence electrons. The van der Waals surface area contributed by atoms with Crippen molar-refractivity contribution in [3.63, 3.8) is 0 Å². The van der Waals surface area contributed by atoms with Crippen LogP contribution in [0.5, 0.6) is 0 Å². The van der Waals surface area contributed by atoms with Gasteiger partial charge in [-0.3, -0.25) is 9.78 Å². The molecule has 0 amide bonds. The van der Waals surface area contributed by atoms with Gasteiger partial charge in [-0.1, -0.05) is 25.7 Å². The fraction of sp³-hybridized carbons (Fsp3) is 0.571. The molecule has 0 aliphatic heterocycles. The molecular formula is C14H20N2O. The van der Waals surface area contributed by atoms with Crippen LogP contribution in [-0.2, 0) is 11.2 Å². The monoisotopic (exact) mass is 232 g/mol. The second kappa shape index (κ2) is 5.92. The Kier molecular flexibility index (Phi) is 4.26. The highest BCUT2D eigenvalue weighted by Gasteiger charge is 2.22. The summed E-state index contributed by atoms with van der Waals surface area (Å²) < 4.78 is 0. The molecule has 0 bridgehead atoms. The Morgan fingerprint density at radius 3 is 2.65 bits per heavy atom. The molecule has 0 spiro atoms. The van der Waals surface area contributed by atoms with Crippen LogP contribution in [0.3, 0.4) is 0 Å². The van der Waals surface area contributed by atoms with Gasteiger partial charge < -0.3 is 5.73 Å². The molecule has 2 N–H and O–H groups in total. The largest absolute Gasteiger partial charge is 0.321 e. The molecule has 1 unspecified atom stereocenters. The van der Waals surface area contributed by atoms with E-state index in [1.165, 1.54) is 25.7 Å². The van der Waals surface area contributed by atoms with Gasteiger partial charge in [0.2, 0.25) is 0 Å². The van der Waals surface area contributed by atoms with Crippen LogP contribution in [0.2, 0.25) is 0 Å². The smallest absolute Gasteiger partial charge is 0.153 e. The molecule has 1 heterocycles. The molecule has 1 saturated carbocycles. The van der Waals surface area contributed by atoms with Crippen molar-refractivity contribution in [2.24, 2.45) is 11.7 Å². The first-order valence-electron chi connectivity index (χ1n) is 6.43. The fourth-order valence-electron chi connectivity index (χ4n) is 2.57. The van der Waals surface area contributed by atoms with E-state index in [4.69, 9.17) is 5.73 Å². The van der Waals surface area contributed by atoms with Crippen molar-refractivity contribution in [1.82, 2.24) is 4.98 Å². The van der Waals surface area contributed by atoms with Gasteiger partial charge in [-0.2, -0.15) is 0 Å². The van der Waals surface area contributed by atoms with E-state index in [-0.39, 0.29) is 11.8 Å². The van der Waals surface area contributed by atoms with Gasteiger partial charge in [0.1, 0.15) is 0 Å². The normalized spacial score (nSPS) is 18.2. The average Bonchev–Trinajstić information content (AvgIpc) is 2.83. The lowest BCUT2D eigenvalue weighted by molar-refractivity contribution is -0.120. The molecule has 1 atom stereocenters. The maximum Gasteiger partial charge on any atom is 0.153 e. The summed E-state index contributed by atoms with van der Waals surface area (Å²) in [6.45, 7) is 0. The number of carbonyl (C=O) groups is 1. The van der Waals surface area contributed by atoms with Gasteiger partial charge in [-0.25, -0.2) is 0 Å². The van der Waals surface area contributed by atoms with Crippen LogP contribution < -0.4 is 5.73 Å². The Bertz CT molecular complexity index is 358. The van der Waals surface area contributed by atoms with Gasteiger partial charge in [0.05, 0.1) is 6.04 Å². The van der Waals surface area contributed by atoms with Gasteiger partial charge in [-0.15, -0.1) is 0 Å². The van der Waals surface area contributed by atoms with Crippen molar-refractivity contribution in [2.75, 3.05) is 0 Å². The summed E-state index contributed by atoms with van der Waals surface area (Å²) >= 11 is 0. The van der Waals surface area contributed by atoms with Gasteiger partial charge >= 0.3 is 0 Å². The number of hydrogen-bond acceptors (Lipinski definition) is 3. The topological polar surface area (TPSA) is 56.0 Å². The molecule has 1 aliphatic carbocycles. The zero-order valence-electron chi connectivity index (χ0n) is 10.1. The standard InChI is InChI=1S/C14H20N2O/c15-13(9-11-3-1-2-4-11)14(17)10-12-5-7-16-8-6-12/h5-8,11,13H,1-4,9-10,15H2. The molecule has 1 aliphatic rings. The Morgan fingerprint density at radius 1 is 1.35 bits per heavy atom. The average molecular weight is 232 g/mol. The lowest BCUT2D eigenvalue weighted by atomic mass is 9.94. The lowest BCUT2D eigenvalue weighted by Gasteiger charge is -2.15. The quantitative estimate of drug-likeness (QED) is 0.845. The van der Waals surface area contributed by atoms with Crippen LogP contribution >= 0.6 is 0 Å². The summed E-state index contributed by atoms with van der Waals surface area (Å²) in [7, 11) is 0. The number of rotatable bonds is 5. The molecule has 3 nitrogen and oxygen atoms in total. The van der Waals surface area contributed by atoms with E-state index in [1.807, 2.05) is 12.1 Å². The number of nitrogens with two attached hydrogens (primary N) is 1. The molecule has 1 aromatic heterocycles. The number of nitrogens with zero attached hydrogens (tertiary/aromatic N) is 1. The zero-order valence-corrected chi connectivity index (χ0v) is 10.1. The van der Waals surface area contributed by atoms with E-state index in [0.717, 1.165) is 12.0 Å². The lowest BCUT2D eigenvalue weighted by Crippen LogP contribution is -2.33. The van der Waals surface area contributed by atoms with Crippen molar-refractivity contribution < 1.29 is 4.79 Å². The predicted molar refractivity (Wildman–Crippen MR) is 67.5 cm³/mol. The Labute approximate surface area is 102 Å². The van der Waals surface area contributed by atoms with Crippen LogP contribution in [0.4, 0.5) is 0 Å². The van der Waals surface area contributed by atoms with Crippen LogP contribution in [-0.4, -0.2) is 16.8 Å². The van der Waals surface area contributed by atoms with E-state index in [1.54, 1.807) is 12.4 Å². The molecule has 0 aromatic carbocycles. The van der Waals surface area contributed by atoms with E-state index < -0.39 is 0 Å². The highest BCUT2D eigenvalue weighted by Crippen LogP contribution is 2.28. The molecule has 3 heteroatoms. The van der Waals surface area contributed by atoms with Crippen molar-refractivity contribution in [1.29, 1.82) is 0 Å². The molecule has 0 saturated heterocycles. The zero-order chi connectivity index (χ0) is 12.1. The van der Waals surface area contributed by atoms with Crippen molar-refractivity contribution in [3.8, 4) is 0 Å². The fourth-order valence-corrected chi connectivity index (χ4v) is 2.57. The summed E-state index contributed by atoms with van der Waals surface area (Å²) in [6.07, 6.45) is 9.83. The highest BCUT2D eigenvalue weighted by atomic mass is 16.1. The third-order valence-corrected chi connectivity index (χ3v) is 3.60.